The van der Waals surface area contributed by atoms with Crippen molar-refractivity contribution >= 4 is 12.0 Å². The monoisotopic (exact) mass is 425 g/mol. The van der Waals surface area contributed by atoms with Crippen molar-refractivity contribution in [2.24, 2.45) is 5.41 Å². The van der Waals surface area contributed by atoms with Crippen LogP contribution < -0.4 is 0 Å². The fraction of sp³-hybridized carbons (Fsp3) is 0.565. The van der Waals surface area contributed by atoms with Gasteiger partial charge in [0.1, 0.15) is 5.60 Å². The number of aromatic nitrogens is 3. The molecule has 0 saturated carbocycles. The van der Waals surface area contributed by atoms with Crippen LogP contribution in [0.5, 0.6) is 0 Å². The highest BCUT2D eigenvalue weighted by Crippen LogP contribution is 2.41. The third-order valence-electron chi connectivity index (χ3n) is 6.18. The Morgan fingerprint density at radius 2 is 1.74 bits per heavy atom. The molecule has 1 aromatic carbocycles. The van der Waals surface area contributed by atoms with E-state index in [1.54, 1.807) is 22.1 Å². The second-order valence-electron chi connectivity index (χ2n) is 9.53. The number of ether oxygens (including phenoxy) is 1. The molecule has 31 heavy (non-hydrogen) atoms. The van der Waals surface area contributed by atoms with Crippen LogP contribution in [0.25, 0.3) is 5.69 Å². The SMILES string of the molecule is CC(C)(C)OC(=O)N1CCC2(CCCN(Cc3ccccc3-n3nccn3)C2=O)CC1. The lowest BCUT2D eigenvalue weighted by atomic mass is 9.71. The van der Waals surface area contributed by atoms with E-state index in [0.29, 0.717) is 32.5 Å². The van der Waals surface area contributed by atoms with Gasteiger partial charge in [-0.15, -0.1) is 0 Å². The fourth-order valence-electron chi connectivity index (χ4n) is 4.60. The molecule has 2 fully saturated rings. The van der Waals surface area contributed by atoms with Crippen LogP contribution in [0.4, 0.5) is 4.79 Å². The average Bonchev–Trinajstić information content (AvgIpc) is 3.26. The Bertz CT molecular complexity index is 927. The lowest BCUT2D eigenvalue weighted by Crippen LogP contribution is -2.54. The van der Waals surface area contributed by atoms with Gasteiger partial charge in [0.05, 0.1) is 23.5 Å². The van der Waals surface area contributed by atoms with Gasteiger partial charge >= 0.3 is 6.09 Å². The van der Waals surface area contributed by atoms with Gasteiger partial charge in [-0.1, -0.05) is 18.2 Å². The smallest absolute Gasteiger partial charge is 0.410 e. The molecule has 0 radical (unpaired) electrons. The van der Waals surface area contributed by atoms with Gasteiger partial charge in [-0.3, -0.25) is 4.79 Å². The Morgan fingerprint density at radius 3 is 2.42 bits per heavy atom. The van der Waals surface area contributed by atoms with E-state index < -0.39 is 5.60 Å². The molecule has 3 heterocycles. The summed E-state index contributed by atoms with van der Waals surface area (Å²) in [6.07, 6.45) is 6.23. The van der Waals surface area contributed by atoms with E-state index in [-0.39, 0.29) is 17.4 Å². The minimum Gasteiger partial charge on any atom is -0.444 e. The highest BCUT2D eigenvalue weighted by atomic mass is 16.6. The molecule has 0 unspecified atom stereocenters. The first-order valence-electron chi connectivity index (χ1n) is 11.0. The van der Waals surface area contributed by atoms with E-state index >= 15 is 0 Å². The van der Waals surface area contributed by atoms with Gasteiger partial charge < -0.3 is 14.5 Å². The molecule has 0 bridgehead atoms. The number of hydrogen-bond donors (Lipinski definition) is 0. The number of para-hydroxylation sites is 1. The number of piperidine rings is 2. The Kier molecular flexibility index (Phi) is 5.73. The summed E-state index contributed by atoms with van der Waals surface area (Å²) in [6.45, 7) is 8.01. The van der Waals surface area contributed by atoms with Crippen LogP contribution in [0.15, 0.2) is 36.7 Å². The number of amides is 2. The molecule has 2 saturated heterocycles. The molecule has 0 N–H and O–H groups in total. The lowest BCUT2D eigenvalue weighted by molar-refractivity contribution is -0.150. The largest absolute Gasteiger partial charge is 0.444 e. The summed E-state index contributed by atoms with van der Waals surface area (Å²) in [7, 11) is 0. The molecular formula is C23H31N5O3. The van der Waals surface area contributed by atoms with Gasteiger partial charge in [-0.2, -0.15) is 15.0 Å². The predicted octanol–water partition coefficient (Wildman–Crippen LogP) is 3.41. The van der Waals surface area contributed by atoms with E-state index in [2.05, 4.69) is 10.2 Å². The average molecular weight is 426 g/mol. The molecule has 166 valence electrons. The maximum absolute atomic E-state index is 13.6. The van der Waals surface area contributed by atoms with Gasteiger partial charge in [-0.05, 0) is 58.1 Å². The lowest BCUT2D eigenvalue weighted by Gasteiger charge is -2.46. The number of benzene rings is 1. The number of hydrogen-bond acceptors (Lipinski definition) is 5. The summed E-state index contributed by atoms with van der Waals surface area (Å²) in [5.41, 5.74) is 1.02. The summed E-state index contributed by atoms with van der Waals surface area (Å²) in [6, 6.07) is 7.93. The number of carbonyl (C=O) groups is 2. The first-order valence-corrected chi connectivity index (χ1v) is 11.0. The zero-order valence-corrected chi connectivity index (χ0v) is 18.6. The zero-order chi connectivity index (χ0) is 22.1. The first-order chi connectivity index (χ1) is 14.8. The van der Waals surface area contributed by atoms with Crippen LogP contribution in [0, 0.1) is 5.41 Å². The number of nitrogens with zero attached hydrogens (tertiary/aromatic N) is 5. The molecule has 2 amide bonds. The Labute approximate surface area is 183 Å². The Balaban J connectivity index is 1.45. The van der Waals surface area contributed by atoms with E-state index in [1.807, 2.05) is 49.9 Å². The highest BCUT2D eigenvalue weighted by molar-refractivity contribution is 5.84. The van der Waals surface area contributed by atoms with Crippen LogP contribution in [0.1, 0.15) is 52.0 Å². The first kappa shape index (κ1) is 21.3. The standard InChI is InChI=1S/C23H31N5O3/c1-22(2,3)31-21(30)26-15-10-23(11-16-26)9-6-14-27(20(23)29)17-18-7-4-5-8-19(18)28-24-12-13-25-28/h4-5,7-8,12-13H,6,9-11,14-17H2,1-3H3. The number of carbonyl (C=O) groups excluding carboxylic acids is 2. The van der Waals surface area contributed by atoms with Crippen LogP contribution in [0.2, 0.25) is 0 Å². The van der Waals surface area contributed by atoms with Crippen molar-refractivity contribution in [2.45, 2.75) is 58.6 Å². The summed E-state index contributed by atoms with van der Waals surface area (Å²) in [4.78, 5) is 31.3. The third-order valence-corrected chi connectivity index (χ3v) is 6.18. The van der Waals surface area contributed by atoms with Crippen LogP contribution in [-0.4, -0.2) is 62.0 Å². The van der Waals surface area contributed by atoms with Crippen LogP contribution in [-0.2, 0) is 16.1 Å². The Hall–Kier alpha value is -2.90. The van der Waals surface area contributed by atoms with Crippen molar-refractivity contribution in [3.05, 3.63) is 42.2 Å². The van der Waals surface area contributed by atoms with Crippen molar-refractivity contribution in [1.82, 2.24) is 24.8 Å². The van der Waals surface area contributed by atoms with Gasteiger partial charge in [0.2, 0.25) is 5.91 Å². The van der Waals surface area contributed by atoms with Gasteiger partial charge in [0, 0.05) is 26.2 Å². The molecule has 1 aromatic heterocycles. The van der Waals surface area contributed by atoms with E-state index in [4.69, 9.17) is 4.74 Å². The molecule has 0 atom stereocenters. The topological polar surface area (TPSA) is 80.6 Å². The van der Waals surface area contributed by atoms with Crippen molar-refractivity contribution in [2.75, 3.05) is 19.6 Å². The second-order valence-corrected chi connectivity index (χ2v) is 9.53. The molecule has 8 heteroatoms. The maximum atomic E-state index is 13.6. The molecule has 2 aliphatic heterocycles. The second kappa shape index (κ2) is 8.32. The molecule has 4 rings (SSSR count). The molecule has 0 aliphatic carbocycles. The van der Waals surface area contributed by atoms with Crippen molar-refractivity contribution in [1.29, 1.82) is 0 Å². The number of likely N-dealkylation sites (tertiary alicyclic amines) is 2. The highest BCUT2D eigenvalue weighted by Gasteiger charge is 2.46. The summed E-state index contributed by atoms with van der Waals surface area (Å²) in [5, 5.41) is 8.49. The summed E-state index contributed by atoms with van der Waals surface area (Å²) in [5.74, 6) is 0.200. The van der Waals surface area contributed by atoms with Crippen molar-refractivity contribution in [3.63, 3.8) is 0 Å². The normalized spacial score (nSPS) is 19.0. The Morgan fingerprint density at radius 1 is 1.06 bits per heavy atom. The van der Waals surface area contributed by atoms with Gasteiger partial charge in [0.15, 0.2) is 0 Å². The summed E-state index contributed by atoms with van der Waals surface area (Å²) < 4.78 is 5.51. The van der Waals surface area contributed by atoms with Crippen LogP contribution in [0.3, 0.4) is 0 Å². The van der Waals surface area contributed by atoms with Crippen molar-refractivity contribution < 1.29 is 14.3 Å². The fourth-order valence-corrected chi connectivity index (χ4v) is 4.60. The predicted molar refractivity (Wildman–Crippen MR) is 115 cm³/mol. The third kappa shape index (κ3) is 4.57. The van der Waals surface area contributed by atoms with E-state index in [0.717, 1.165) is 30.6 Å². The zero-order valence-electron chi connectivity index (χ0n) is 18.6. The molecule has 2 aromatic rings. The van der Waals surface area contributed by atoms with E-state index in [1.165, 1.54) is 0 Å². The van der Waals surface area contributed by atoms with Crippen LogP contribution >= 0.6 is 0 Å². The van der Waals surface area contributed by atoms with Crippen molar-refractivity contribution in [3.8, 4) is 5.69 Å². The molecule has 8 nitrogen and oxygen atoms in total. The summed E-state index contributed by atoms with van der Waals surface area (Å²) >= 11 is 0. The molecule has 2 aliphatic rings. The maximum Gasteiger partial charge on any atom is 0.410 e. The van der Waals surface area contributed by atoms with E-state index in [9.17, 15) is 9.59 Å². The quantitative estimate of drug-likeness (QED) is 0.753. The van der Waals surface area contributed by atoms with Gasteiger partial charge in [0.25, 0.3) is 0 Å². The minimum atomic E-state index is -0.513. The number of rotatable bonds is 3. The molecular weight excluding hydrogens is 394 g/mol. The minimum absolute atomic E-state index is 0.200. The van der Waals surface area contributed by atoms with Gasteiger partial charge in [-0.25, -0.2) is 4.79 Å². The molecule has 1 spiro atoms.